The first-order valence-electron chi connectivity index (χ1n) is 8.47. The molecule has 3 N–H and O–H groups in total. The highest BCUT2D eigenvalue weighted by Crippen LogP contribution is 2.36. The third-order valence-electron chi connectivity index (χ3n) is 4.28. The molecule has 1 aromatic carbocycles. The maximum Gasteiger partial charge on any atom is 0.258 e. The zero-order chi connectivity index (χ0) is 19.2. The number of rotatable bonds is 4. The van der Waals surface area contributed by atoms with E-state index in [0.717, 1.165) is 25.7 Å². The minimum Gasteiger partial charge on any atom is -0.334 e. The number of hydrogen-bond acceptors (Lipinski definition) is 6. The summed E-state index contributed by atoms with van der Waals surface area (Å²) in [5.41, 5.74) is 5.62. The number of sulfonamides is 1. The van der Waals surface area contributed by atoms with Gasteiger partial charge in [0, 0.05) is 11.1 Å². The summed E-state index contributed by atoms with van der Waals surface area (Å²) >= 11 is 6.12. The molecule has 1 heterocycles. The largest absolute Gasteiger partial charge is 0.334 e. The summed E-state index contributed by atoms with van der Waals surface area (Å²) in [5.74, 6) is 0.678. The van der Waals surface area contributed by atoms with E-state index in [1.807, 2.05) is 0 Å². The van der Waals surface area contributed by atoms with Crippen molar-refractivity contribution in [1.82, 2.24) is 14.9 Å². The van der Waals surface area contributed by atoms with Gasteiger partial charge in [-0.2, -0.15) is 4.98 Å². The van der Waals surface area contributed by atoms with Crippen LogP contribution < -0.4 is 10.5 Å². The molecule has 0 saturated heterocycles. The third-order valence-corrected chi connectivity index (χ3v) is 6.51. The molecule has 1 saturated carbocycles. The van der Waals surface area contributed by atoms with Crippen molar-refractivity contribution in [2.75, 3.05) is 0 Å². The molecule has 150 valence electrons. The monoisotopic (exact) mass is 434 g/mol. The Morgan fingerprint density at radius 1 is 1.26 bits per heavy atom. The fraction of sp³-hybridized carbons (Fsp3) is 0.529. The topological polar surface area (TPSA) is 111 Å². The van der Waals surface area contributed by atoms with Crippen molar-refractivity contribution >= 4 is 34.0 Å². The summed E-state index contributed by atoms with van der Waals surface area (Å²) in [6.45, 7) is 5.28. The van der Waals surface area contributed by atoms with E-state index in [1.54, 1.807) is 26.8 Å². The Kier molecular flexibility index (Phi) is 6.28. The van der Waals surface area contributed by atoms with Crippen molar-refractivity contribution in [1.29, 1.82) is 0 Å². The van der Waals surface area contributed by atoms with Crippen LogP contribution in [-0.2, 0) is 15.6 Å². The highest BCUT2D eigenvalue weighted by molar-refractivity contribution is 7.89. The first kappa shape index (κ1) is 22.1. The van der Waals surface area contributed by atoms with Gasteiger partial charge in [0.25, 0.3) is 5.89 Å². The number of nitrogens with zero attached hydrogens (tertiary/aromatic N) is 2. The molecule has 1 fully saturated rings. The lowest BCUT2D eigenvalue weighted by molar-refractivity contribution is 0.372. The predicted octanol–water partition coefficient (Wildman–Crippen LogP) is 3.62. The van der Waals surface area contributed by atoms with Crippen molar-refractivity contribution in [2.45, 2.75) is 62.4 Å². The molecule has 0 bridgehead atoms. The van der Waals surface area contributed by atoms with Gasteiger partial charge in [0.1, 0.15) is 4.90 Å². The second-order valence-corrected chi connectivity index (χ2v) is 9.85. The normalized spacial score (nSPS) is 16.9. The summed E-state index contributed by atoms with van der Waals surface area (Å²) in [4.78, 5) is 4.37. The van der Waals surface area contributed by atoms with Gasteiger partial charge in [-0.1, -0.05) is 29.6 Å². The van der Waals surface area contributed by atoms with Crippen LogP contribution in [0.1, 0.15) is 52.3 Å². The zero-order valence-corrected chi connectivity index (χ0v) is 17.8. The Bertz CT molecular complexity index is 917. The van der Waals surface area contributed by atoms with Gasteiger partial charge in [0.2, 0.25) is 10.0 Å². The van der Waals surface area contributed by atoms with Crippen LogP contribution in [0.3, 0.4) is 0 Å². The van der Waals surface area contributed by atoms with Crippen molar-refractivity contribution in [3.63, 3.8) is 0 Å². The van der Waals surface area contributed by atoms with Crippen LogP contribution in [0, 0.1) is 0 Å². The van der Waals surface area contributed by atoms with Gasteiger partial charge in [0.15, 0.2) is 5.82 Å². The van der Waals surface area contributed by atoms with E-state index in [1.165, 1.54) is 12.1 Å². The maximum atomic E-state index is 12.6. The molecule has 1 aliphatic rings. The average Bonchev–Trinajstić information content (AvgIpc) is 3.15. The first-order chi connectivity index (χ1) is 12.0. The third kappa shape index (κ3) is 4.81. The number of benzene rings is 1. The molecule has 27 heavy (non-hydrogen) atoms. The van der Waals surface area contributed by atoms with Gasteiger partial charge >= 0.3 is 0 Å². The molecule has 3 rings (SSSR count). The van der Waals surface area contributed by atoms with Crippen molar-refractivity contribution in [3.05, 3.63) is 29.0 Å². The molecule has 0 unspecified atom stereocenters. The maximum absolute atomic E-state index is 12.6. The number of nitrogens with one attached hydrogen (secondary N) is 1. The van der Waals surface area contributed by atoms with Crippen LogP contribution in [-0.4, -0.2) is 24.1 Å². The Balaban J connectivity index is 0.00000261. The molecule has 7 nitrogen and oxygen atoms in total. The lowest BCUT2D eigenvalue weighted by atomic mass is 9.99. The molecular formula is C17H24Cl2N4O3S. The van der Waals surface area contributed by atoms with E-state index >= 15 is 0 Å². The van der Waals surface area contributed by atoms with Crippen LogP contribution in [0.4, 0.5) is 0 Å². The van der Waals surface area contributed by atoms with Crippen LogP contribution in [0.5, 0.6) is 0 Å². The number of aromatic nitrogens is 2. The molecule has 0 radical (unpaired) electrons. The van der Waals surface area contributed by atoms with Crippen LogP contribution in [0.2, 0.25) is 5.02 Å². The zero-order valence-electron chi connectivity index (χ0n) is 15.5. The van der Waals surface area contributed by atoms with Gasteiger partial charge in [-0.25, -0.2) is 13.1 Å². The smallest absolute Gasteiger partial charge is 0.258 e. The Morgan fingerprint density at radius 2 is 1.89 bits per heavy atom. The fourth-order valence-electron chi connectivity index (χ4n) is 3.07. The number of halogens is 2. The van der Waals surface area contributed by atoms with Crippen molar-refractivity contribution in [2.24, 2.45) is 5.73 Å². The first-order valence-corrected chi connectivity index (χ1v) is 10.3. The van der Waals surface area contributed by atoms with Gasteiger partial charge in [-0.15, -0.1) is 12.4 Å². The molecule has 1 aliphatic carbocycles. The summed E-state index contributed by atoms with van der Waals surface area (Å²) in [6, 6.07) is 4.59. The second kappa shape index (κ2) is 7.67. The summed E-state index contributed by atoms with van der Waals surface area (Å²) in [6.07, 6.45) is 3.67. The van der Waals surface area contributed by atoms with Crippen LogP contribution >= 0.6 is 24.0 Å². The quantitative estimate of drug-likeness (QED) is 0.759. The second-order valence-electron chi connectivity index (χ2n) is 7.79. The Hall–Kier alpha value is -1.19. The SMILES string of the molecule is CC(C)(C)NS(=O)(=O)c1cc(-c2nc(C3(N)CCCC3)no2)ccc1Cl.Cl. The summed E-state index contributed by atoms with van der Waals surface area (Å²) < 4.78 is 33.2. The molecule has 0 atom stereocenters. The number of nitrogens with two attached hydrogens (primary N) is 1. The van der Waals surface area contributed by atoms with E-state index in [-0.39, 0.29) is 28.2 Å². The van der Waals surface area contributed by atoms with Crippen molar-refractivity contribution in [3.8, 4) is 11.5 Å². The van der Waals surface area contributed by atoms with Gasteiger partial charge in [-0.05, 0) is 51.8 Å². The molecule has 1 aromatic heterocycles. The van der Waals surface area contributed by atoms with Gasteiger partial charge < -0.3 is 10.3 Å². The van der Waals surface area contributed by atoms with Gasteiger partial charge in [-0.3, -0.25) is 0 Å². The summed E-state index contributed by atoms with van der Waals surface area (Å²) in [7, 11) is -3.80. The van der Waals surface area contributed by atoms with Gasteiger partial charge in [0.05, 0.1) is 10.6 Å². The highest BCUT2D eigenvalue weighted by Gasteiger charge is 2.36. The Labute approximate surface area is 170 Å². The van der Waals surface area contributed by atoms with Crippen LogP contribution in [0.15, 0.2) is 27.6 Å². The van der Waals surface area contributed by atoms with Crippen LogP contribution in [0.25, 0.3) is 11.5 Å². The summed E-state index contributed by atoms with van der Waals surface area (Å²) in [5, 5.41) is 4.13. The minimum absolute atomic E-state index is 0. The van der Waals surface area contributed by atoms with Crippen molar-refractivity contribution < 1.29 is 12.9 Å². The minimum atomic E-state index is -3.80. The fourth-order valence-corrected chi connectivity index (χ4v) is 5.02. The number of hydrogen-bond donors (Lipinski definition) is 2. The lowest BCUT2D eigenvalue weighted by Crippen LogP contribution is -2.40. The molecule has 0 aliphatic heterocycles. The van der Waals surface area contributed by atoms with E-state index in [4.69, 9.17) is 21.9 Å². The molecule has 2 aromatic rings. The molecule has 0 spiro atoms. The highest BCUT2D eigenvalue weighted by atomic mass is 35.5. The van der Waals surface area contributed by atoms with E-state index in [2.05, 4.69) is 14.9 Å². The standard InChI is InChI=1S/C17H23ClN4O3S.ClH/c1-16(2,3)22-26(23,24)13-10-11(6-7-12(13)18)14-20-15(21-25-14)17(19)8-4-5-9-17;/h6-7,10,22H,4-5,8-9,19H2,1-3H3;1H. The lowest BCUT2D eigenvalue weighted by Gasteiger charge is -2.21. The average molecular weight is 435 g/mol. The molecular weight excluding hydrogens is 411 g/mol. The molecule has 0 amide bonds. The Morgan fingerprint density at radius 3 is 2.48 bits per heavy atom. The predicted molar refractivity (Wildman–Crippen MR) is 106 cm³/mol. The van der Waals surface area contributed by atoms with E-state index in [0.29, 0.717) is 11.4 Å². The van der Waals surface area contributed by atoms with E-state index < -0.39 is 21.1 Å². The van der Waals surface area contributed by atoms with E-state index in [9.17, 15) is 8.42 Å². The molecule has 10 heteroatoms.